The van der Waals surface area contributed by atoms with E-state index in [-0.39, 0.29) is 0 Å². The number of thiophene rings is 1. The Morgan fingerprint density at radius 1 is 1.00 bits per heavy atom. The molecule has 0 spiro atoms. The van der Waals surface area contributed by atoms with Gasteiger partial charge in [0, 0.05) is 15.6 Å². The monoisotopic (exact) mass is 406 g/mol. The van der Waals surface area contributed by atoms with E-state index in [1.54, 1.807) is 7.11 Å². The number of aromatic carboxylic acids is 1. The van der Waals surface area contributed by atoms with Crippen molar-refractivity contribution in [2.45, 2.75) is 56.8 Å². The molecule has 5 rings (SSSR count). The minimum Gasteiger partial charge on any atom is -0.496 e. The lowest BCUT2D eigenvalue weighted by molar-refractivity contribution is 0.0703. The number of carbonyl (C=O) groups is 1. The van der Waals surface area contributed by atoms with E-state index >= 15 is 0 Å². The lowest BCUT2D eigenvalue weighted by atomic mass is 9.83. The van der Waals surface area contributed by atoms with E-state index in [0.29, 0.717) is 16.7 Å². The molecule has 2 fully saturated rings. The van der Waals surface area contributed by atoms with E-state index in [9.17, 15) is 9.90 Å². The highest BCUT2D eigenvalue weighted by Crippen LogP contribution is 2.49. The van der Waals surface area contributed by atoms with Crippen LogP contribution >= 0.6 is 11.3 Å². The Bertz CT molecular complexity index is 1050. The van der Waals surface area contributed by atoms with Crippen molar-refractivity contribution in [3.05, 3.63) is 52.4 Å². The zero-order valence-electron chi connectivity index (χ0n) is 16.7. The molecule has 0 unspecified atom stereocenters. The van der Waals surface area contributed by atoms with Gasteiger partial charge in [-0.3, -0.25) is 0 Å². The molecule has 1 heterocycles. The molecule has 2 saturated carbocycles. The number of hydrogen-bond donors (Lipinski definition) is 1. The van der Waals surface area contributed by atoms with Crippen LogP contribution in [0.3, 0.4) is 0 Å². The first-order chi connectivity index (χ1) is 14.2. The first-order valence-corrected chi connectivity index (χ1v) is 11.5. The summed E-state index contributed by atoms with van der Waals surface area (Å²) in [5, 5.41) is 10.9. The van der Waals surface area contributed by atoms with Crippen molar-refractivity contribution in [2.75, 3.05) is 7.11 Å². The normalized spacial score (nSPS) is 17.6. The largest absolute Gasteiger partial charge is 0.496 e. The van der Waals surface area contributed by atoms with Gasteiger partial charge < -0.3 is 9.84 Å². The van der Waals surface area contributed by atoms with Crippen molar-refractivity contribution in [2.24, 2.45) is 0 Å². The predicted molar refractivity (Wildman–Crippen MR) is 119 cm³/mol. The van der Waals surface area contributed by atoms with Gasteiger partial charge in [-0.2, -0.15) is 0 Å². The molecule has 0 radical (unpaired) electrons. The standard InChI is InChI=1S/C25H26O3S/c1-28-21-14-22-20(13-19(21)17-9-10-17)23(24(29-22)25(26)27)18-11-7-16(8-12-18)15-5-3-2-4-6-15/h7-8,11-15,17H,2-6,9-10H2,1H3,(H,26,27). The molecule has 0 amide bonds. The number of rotatable bonds is 5. The van der Waals surface area contributed by atoms with Crippen molar-refractivity contribution in [3.8, 4) is 16.9 Å². The van der Waals surface area contributed by atoms with E-state index in [1.165, 1.54) is 67.4 Å². The molecule has 2 aromatic carbocycles. The number of carboxylic acid groups (broad SMARTS) is 1. The highest BCUT2D eigenvalue weighted by atomic mass is 32.1. The minimum atomic E-state index is -0.857. The van der Waals surface area contributed by atoms with Crippen molar-refractivity contribution in [3.63, 3.8) is 0 Å². The molecule has 0 atom stereocenters. The maximum atomic E-state index is 12.0. The molecule has 0 bridgehead atoms. The van der Waals surface area contributed by atoms with Gasteiger partial charge in [0.15, 0.2) is 0 Å². The summed E-state index contributed by atoms with van der Waals surface area (Å²) in [5.41, 5.74) is 4.47. The van der Waals surface area contributed by atoms with Crippen LogP contribution in [0.5, 0.6) is 5.75 Å². The fourth-order valence-electron chi connectivity index (χ4n) is 4.83. The van der Waals surface area contributed by atoms with Gasteiger partial charge in [-0.25, -0.2) is 4.79 Å². The Kier molecular flexibility index (Phi) is 4.83. The molecule has 0 saturated heterocycles. The molecular weight excluding hydrogens is 380 g/mol. The quantitative estimate of drug-likeness (QED) is 0.487. The predicted octanol–water partition coefficient (Wildman–Crippen LogP) is 7.20. The summed E-state index contributed by atoms with van der Waals surface area (Å²) in [5.74, 6) is 1.23. The van der Waals surface area contributed by atoms with E-state index < -0.39 is 5.97 Å². The van der Waals surface area contributed by atoms with Crippen LogP contribution in [0, 0.1) is 0 Å². The van der Waals surface area contributed by atoms with E-state index in [0.717, 1.165) is 27.0 Å². The fraction of sp³-hybridized carbons (Fsp3) is 0.400. The smallest absolute Gasteiger partial charge is 0.346 e. The van der Waals surface area contributed by atoms with Gasteiger partial charge in [0.25, 0.3) is 0 Å². The van der Waals surface area contributed by atoms with Crippen LogP contribution in [0.15, 0.2) is 36.4 Å². The van der Waals surface area contributed by atoms with Crippen molar-refractivity contribution in [1.29, 1.82) is 0 Å². The molecule has 150 valence electrons. The van der Waals surface area contributed by atoms with Crippen LogP contribution in [0.2, 0.25) is 0 Å². The number of ether oxygens (including phenoxy) is 1. The number of fused-ring (bicyclic) bond motifs is 1. The van der Waals surface area contributed by atoms with Gasteiger partial charge in [0.1, 0.15) is 10.6 Å². The molecular formula is C25H26O3S. The molecule has 0 aliphatic heterocycles. The summed E-state index contributed by atoms with van der Waals surface area (Å²) >= 11 is 1.35. The van der Waals surface area contributed by atoms with E-state index in [2.05, 4.69) is 30.3 Å². The van der Waals surface area contributed by atoms with E-state index in [1.807, 2.05) is 6.07 Å². The van der Waals surface area contributed by atoms with Crippen LogP contribution in [0.1, 0.15) is 77.6 Å². The molecule has 2 aliphatic rings. The van der Waals surface area contributed by atoms with Crippen LogP contribution in [0.4, 0.5) is 0 Å². The van der Waals surface area contributed by atoms with Crippen LogP contribution in [-0.2, 0) is 0 Å². The van der Waals surface area contributed by atoms with Gasteiger partial charge in [0.2, 0.25) is 0 Å². The Hall–Kier alpha value is -2.33. The number of hydrogen-bond acceptors (Lipinski definition) is 3. The summed E-state index contributed by atoms with van der Waals surface area (Å²) in [4.78, 5) is 12.5. The molecule has 4 heteroatoms. The summed E-state index contributed by atoms with van der Waals surface area (Å²) in [6, 6.07) is 12.9. The maximum absolute atomic E-state index is 12.0. The number of benzene rings is 2. The molecule has 29 heavy (non-hydrogen) atoms. The third-order valence-electron chi connectivity index (χ3n) is 6.53. The summed E-state index contributed by atoms with van der Waals surface area (Å²) in [7, 11) is 1.70. The molecule has 3 aromatic rings. The third kappa shape index (κ3) is 3.44. The Balaban J connectivity index is 1.61. The Labute approximate surface area is 175 Å². The summed E-state index contributed by atoms with van der Waals surface area (Å²) < 4.78 is 6.59. The van der Waals surface area contributed by atoms with Crippen LogP contribution < -0.4 is 4.74 Å². The van der Waals surface area contributed by atoms with Gasteiger partial charge in [-0.15, -0.1) is 11.3 Å². The third-order valence-corrected chi connectivity index (χ3v) is 7.67. The van der Waals surface area contributed by atoms with Crippen molar-refractivity contribution >= 4 is 27.4 Å². The zero-order chi connectivity index (χ0) is 20.0. The Morgan fingerprint density at radius 2 is 1.72 bits per heavy atom. The average Bonchev–Trinajstić information content (AvgIpc) is 3.53. The van der Waals surface area contributed by atoms with Crippen molar-refractivity contribution < 1.29 is 14.6 Å². The minimum absolute atomic E-state index is 0.417. The fourth-order valence-corrected chi connectivity index (χ4v) is 5.90. The molecule has 1 aromatic heterocycles. The molecule has 1 N–H and O–H groups in total. The van der Waals surface area contributed by atoms with Gasteiger partial charge in [-0.05, 0) is 66.3 Å². The maximum Gasteiger partial charge on any atom is 0.346 e. The highest BCUT2D eigenvalue weighted by Gasteiger charge is 2.29. The molecule has 3 nitrogen and oxygen atoms in total. The zero-order valence-corrected chi connectivity index (χ0v) is 17.6. The van der Waals surface area contributed by atoms with Gasteiger partial charge >= 0.3 is 5.97 Å². The van der Waals surface area contributed by atoms with Gasteiger partial charge in [-0.1, -0.05) is 43.5 Å². The first kappa shape index (κ1) is 18.7. The second-order valence-electron chi connectivity index (χ2n) is 8.43. The average molecular weight is 407 g/mol. The van der Waals surface area contributed by atoms with Crippen molar-refractivity contribution in [1.82, 2.24) is 0 Å². The highest BCUT2D eigenvalue weighted by molar-refractivity contribution is 7.21. The summed E-state index contributed by atoms with van der Waals surface area (Å²) in [6.45, 7) is 0. The summed E-state index contributed by atoms with van der Waals surface area (Å²) in [6.07, 6.45) is 8.89. The SMILES string of the molecule is COc1cc2sc(C(=O)O)c(-c3ccc(C4CCCCC4)cc3)c2cc1C1CC1. The topological polar surface area (TPSA) is 46.5 Å². The van der Waals surface area contributed by atoms with Gasteiger partial charge in [0.05, 0.1) is 7.11 Å². The second-order valence-corrected chi connectivity index (χ2v) is 9.49. The van der Waals surface area contributed by atoms with E-state index in [4.69, 9.17) is 4.74 Å². The van der Waals surface area contributed by atoms with Crippen LogP contribution in [-0.4, -0.2) is 18.2 Å². The number of carboxylic acids is 1. The number of methoxy groups -OCH3 is 1. The lowest BCUT2D eigenvalue weighted by Gasteiger charge is -2.22. The Morgan fingerprint density at radius 3 is 2.34 bits per heavy atom. The first-order valence-electron chi connectivity index (χ1n) is 10.6. The second kappa shape index (κ2) is 7.49. The van der Waals surface area contributed by atoms with Crippen LogP contribution in [0.25, 0.3) is 21.2 Å². The lowest BCUT2D eigenvalue weighted by Crippen LogP contribution is -2.04. The molecule has 2 aliphatic carbocycles.